The third-order valence-electron chi connectivity index (χ3n) is 8.99. The first kappa shape index (κ1) is 14.8. The van der Waals surface area contributed by atoms with E-state index in [-0.39, 0.29) is 91.7 Å². The average Bonchev–Trinajstić information content (AvgIpc) is 4.04. The molecule has 0 unspecified atom stereocenters. The zero-order chi connectivity index (χ0) is 51.7. The second-order valence-electron chi connectivity index (χ2n) is 11.7. The molecular weight excluding hydrogens is 637 g/mol. The SMILES string of the molecule is [2H]c1cc(-c2c([2H])c([2H])c([2H])c3sc4cc(-n5c6ccc(-c7c([2H])c([2H])c([2H])c8c9c([2H])c([2H])c([2H])c([2H])c9n(-c9ccccc9)c78)c([2H])c6c6c([2H])c([2H])c([2H])c([2H])c65)c([2H])c([2H])c4c23)c([2H])c([2H])c1[2H]. The van der Waals surface area contributed by atoms with Crippen molar-refractivity contribution >= 4 is 75.1 Å². The Labute approximate surface area is 328 Å². The largest absolute Gasteiger partial charge is 0.309 e. The smallest absolute Gasteiger partial charge is 0.0645 e. The summed E-state index contributed by atoms with van der Waals surface area (Å²) >= 11 is 0.914. The van der Waals surface area contributed by atoms with Gasteiger partial charge in [0.05, 0.1) is 50.9 Å². The highest BCUT2D eigenvalue weighted by atomic mass is 32.1. The van der Waals surface area contributed by atoms with Crippen LogP contribution in [0.1, 0.15) is 28.8 Å². The highest BCUT2D eigenvalue weighted by Crippen LogP contribution is 2.43. The van der Waals surface area contributed by atoms with Gasteiger partial charge in [0.15, 0.2) is 0 Å². The van der Waals surface area contributed by atoms with Crippen molar-refractivity contribution in [1.82, 2.24) is 9.13 Å². The summed E-state index contributed by atoms with van der Waals surface area (Å²) in [4.78, 5) is 0. The number of benzene rings is 8. The lowest BCUT2D eigenvalue weighted by Gasteiger charge is -2.12. The van der Waals surface area contributed by atoms with Crippen LogP contribution in [-0.2, 0) is 0 Å². The molecule has 0 aliphatic rings. The van der Waals surface area contributed by atoms with Crippen molar-refractivity contribution in [3.05, 3.63) is 181 Å². The molecule has 2 nitrogen and oxygen atoms in total. The van der Waals surface area contributed by atoms with Gasteiger partial charge in [0.2, 0.25) is 0 Å². The molecule has 0 amide bonds. The molecule has 0 saturated heterocycles. The number of hydrogen-bond acceptors (Lipinski definition) is 1. The molecule has 0 spiro atoms. The van der Waals surface area contributed by atoms with E-state index in [1.165, 1.54) is 27.3 Å². The number of thiophene rings is 1. The first-order valence-corrected chi connectivity index (χ1v) is 16.5. The summed E-state index contributed by atoms with van der Waals surface area (Å²) in [7, 11) is 0. The minimum absolute atomic E-state index is 0.000996. The number of aromatic nitrogens is 2. The van der Waals surface area contributed by atoms with Gasteiger partial charge in [0, 0.05) is 58.7 Å². The van der Waals surface area contributed by atoms with Gasteiger partial charge in [-0.3, -0.25) is 0 Å². The lowest BCUT2D eigenvalue weighted by Crippen LogP contribution is -1.95. The molecule has 51 heavy (non-hydrogen) atoms. The molecule has 0 bridgehead atoms. The average molecular weight is 688 g/mol. The third-order valence-corrected chi connectivity index (χ3v) is 10.0. The molecule has 0 saturated carbocycles. The fraction of sp³-hybridized carbons (Fsp3) is 0. The van der Waals surface area contributed by atoms with Crippen molar-refractivity contribution in [2.24, 2.45) is 0 Å². The molecule has 11 rings (SSSR count). The molecule has 0 radical (unpaired) electrons. The maximum absolute atomic E-state index is 10.0. The van der Waals surface area contributed by atoms with Gasteiger partial charge in [-0.1, -0.05) is 127 Å². The molecule has 0 atom stereocenters. The number of para-hydroxylation sites is 4. The topological polar surface area (TPSA) is 9.86 Å². The monoisotopic (exact) mass is 687 g/mol. The van der Waals surface area contributed by atoms with Crippen LogP contribution < -0.4 is 0 Å². The Hall–Kier alpha value is -6.42. The third kappa shape index (κ3) is 4.22. The van der Waals surface area contributed by atoms with Gasteiger partial charge in [-0.25, -0.2) is 0 Å². The number of hydrogen-bond donors (Lipinski definition) is 0. The highest BCUT2D eigenvalue weighted by molar-refractivity contribution is 7.26. The summed E-state index contributed by atoms with van der Waals surface area (Å²) in [6.07, 6.45) is 0. The summed E-state index contributed by atoms with van der Waals surface area (Å²) in [5, 5.41) is -0.439. The van der Waals surface area contributed by atoms with Crippen LogP contribution in [0.15, 0.2) is 181 Å². The molecule has 0 fully saturated rings. The number of fused-ring (bicyclic) bond motifs is 9. The molecule has 0 N–H and O–H groups in total. The molecule has 0 aliphatic carbocycles. The normalized spacial score (nSPS) is 17.7. The maximum atomic E-state index is 10.0. The summed E-state index contributed by atoms with van der Waals surface area (Å²) in [6.45, 7) is 0. The van der Waals surface area contributed by atoms with E-state index in [0.29, 0.717) is 5.69 Å². The number of nitrogens with zero attached hydrogens (tertiary/aromatic N) is 2. The Morgan fingerprint density at radius 2 is 1.18 bits per heavy atom. The van der Waals surface area contributed by atoms with Crippen LogP contribution in [0.3, 0.4) is 0 Å². The van der Waals surface area contributed by atoms with E-state index in [2.05, 4.69) is 0 Å². The van der Waals surface area contributed by atoms with E-state index < -0.39 is 127 Å². The Morgan fingerprint density at radius 1 is 0.431 bits per heavy atom. The van der Waals surface area contributed by atoms with Crippen molar-refractivity contribution < 1.29 is 28.8 Å². The molecule has 238 valence electrons. The van der Waals surface area contributed by atoms with Gasteiger partial charge in [-0.2, -0.15) is 0 Å². The Bertz CT molecular complexity index is 4350. The molecule has 8 aromatic carbocycles. The van der Waals surface area contributed by atoms with Gasteiger partial charge in [0.1, 0.15) is 0 Å². The van der Waals surface area contributed by atoms with Gasteiger partial charge in [-0.05, 0) is 71.2 Å². The van der Waals surface area contributed by atoms with E-state index in [9.17, 15) is 9.60 Å². The van der Waals surface area contributed by atoms with Crippen LogP contribution >= 0.6 is 11.3 Å². The van der Waals surface area contributed by atoms with Crippen LogP contribution in [-0.4, -0.2) is 9.13 Å². The van der Waals surface area contributed by atoms with Crippen LogP contribution in [0.5, 0.6) is 0 Å². The van der Waals surface area contributed by atoms with E-state index in [1.807, 2.05) is 0 Å². The van der Waals surface area contributed by atoms with Gasteiger partial charge < -0.3 is 9.13 Å². The Balaban J connectivity index is 1.29. The molecule has 0 aliphatic heterocycles. The predicted octanol–water partition coefficient (Wildman–Crippen LogP) is 13.6. The van der Waals surface area contributed by atoms with Crippen LogP contribution in [0.4, 0.5) is 0 Å². The minimum atomic E-state index is -0.668. The zero-order valence-corrected chi connectivity index (χ0v) is 26.8. The number of rotatable bonds is 4. The maximum Gasteiger partial charge on any atom is 0.0645 e. The summed E-state index contributed by atoms with van der Waals surface area (Å²) in [5.74, 6) is 0. The molecule has 3 aromatic heterocycles. The van der Waals surface area contributed by atoms with Crippen molar-refractivity contribution in [3.8, 4) is 33.6 Å². The fourth-order valence-electron chi connectivity index (χ4n) is 6.87. The van der Waals surface area contributed by atoms with Crippen molar-refractivity contribution in [3.63, 3.8) is 0 Å². The lowest BCUT2D eigenvalue weighted by atomic mass is 9.99. The van der Waals surface area contributed by atoms with Gasteiger partial charge in [-0.15, -0.1) is 11.3 Å². The highest BCUT2D eigenvalue weighted by Gasteiger charge is 2.19. The lowest BCUT2D eigenvalue weighted by molar-refractivity contribution is 1.18. The van der Waals surface area contributed by atoms with Crippen molar-refractivity contribution in [2.75, 3.05) is 0 Å². The van der Waals surface area contributed by atoms with E-state index in [0.717, 1.165) is 17.4 Å². The zero-order valence-electron chi connectivity index (χ0n) is 47.0. The van der Waals surface area contributed by atoms with Crippen LogP contribution in [0.2, 0.25) is 0 Å². The summed E-state index contributed by atoms with van der Waals surface area (Å²) in [6, 6.07) is 2.42. The quantitative estimate of drug-likeness (QED) is 0.174. The first-order chi connectivity index (χ1) is 34.0. The minimum Gasteiger partial charge on any atom is -0.309 e. The van der Waals surface area contributed by atoms with Crippen LogP contribution in [0.25, 0.3) is 97.4 Å². The van der Waals surface area contributed by atoms with E-state index in [4.69, 9.17) is 19.2 Å². The fourth-order valence-corrected chi connectivity index (χ4v) is 7.93. The predicted molar refractivity (Wildman–Crippen MR) is 219 cm³/mol. The Kier molecular flexibility index (Phi) is 3.21. The first-order valence-electron chi connectivity index (χ1n) is 26.2. The van der Waals surface area contributed by atoms with Crippen molar-refractivity contribution in [1.29, 1.82) is 0 Å². The van der Waals surface area contributed by atoms with Gasteiger partial charge >= 0.3 is 0 Å². The second kappa shape index (κ2) is 11.0. The molecular formula is C48H30N2S. The molecule has 11 aromatic rings. The summed E-state index contributed by atoms with van der Waals surface area (Å²) in [5.41, 5.74) is -0.501. The van der Waals surface area contributed by atoms with E-state index in [1.54, 1.807) is 30.3 Å². The van der Waals surface area contributed by atoms with Gasteiger partial charge in [0.25, 0.3) is 0 Å². The molecule has 3 heteroatoms. The summed E-state index contributed by atoms with van der Waals surface area (Å²) < 4.78 is 191. The van der Waals surface area contributed by atoms with Crippen molar-refractivity contribution in [2.45, 2.75) is 0 Å². The second-order valence-corrected chi connectivity index (χ2v) is 12.8. The standard InChI is InChI=1S/C48H30N2S/c1-3-13-31(14-4-1)35-19-12-24-45-47(35)40-27-26-34(30-46(40)51-45)49-42-22-9-8-18-38(42)41-29-32(25-28-44(41)49)36-20-11-21-39-37-17-7-10-23-43(37)50(48(36)39)33-15-5-2-6-16-33/h1-30H/i1D,3D,4D,7D,8D,9D,10D,11D,12D,13D,17D,18D,19D,20D,21D,22D,23D,24D,26D,27D,29D. The van der Waals surface area contributed by atoms with E-state index >= 15 is 0 Å². The molecule has 3 heterocycles. The van der Waals surface area contributed by atoms with Crippen LogP contribution in [0, 0.1) is 0 Å². The Morgan fingerprint density at radius 3 is 2.06 bits per heavy atom.